The van der Waals surface area contributed by atoms with Crippen LogP contribution < -0.4 is 10.1 Å². The molecule has 0 unspecified atom stereocenters. The highest BCUT2D eigenvalue weighted by molar-refractivity contribution is 6.09. The lowest BCUT2D eigenvalue weighted by Crippen LogP contribution is -2.27. The number of benzene rings is 2. The summed E-state index contributed by atoms with van der Waals surface area (Å²) in [6.45, 7) is 7.49. The molecule has 2 aromatic carbocycles. The first-order valence-corrected chi connectivity index (χ1v) is 8.62. The van der Waals surface area contributed by atoms with E-state index in [0.29, 0.717) is 29.8 Å². The molecule has 0 radical (unpaired) electrons. The van der Waals surface area contributed by atoms with Crippen LogP contribution in [0.25, 0.3) is 0 Å². The third kappa shape index (κ3) is 3.43. The topological polar surface area (TPSA) is 55.4 Å². The molecule has 1 amide bonds. The van der Waals surface area contributed by atoms with Gasteiger partial charge in [-0.05, 0) is 49.1 Å². The Hall–Kier alpha value is -2.62. The average Bonchev–Trinajstić information content (AvgIpc) is 2.61. The normalized spacial score (nSPS) is 15.0. The van der Waals surface area contributed by atoms with E-state index in [2.05, 4.69) is 19.2 Å². The van der Waals surface area contributed by atoms with Gasteiger partial charge in [0.25, 0.3) is 5.91 Å². The largest absolute Gasteiger partial charge is 0.493 e. The predicted octanol–water partition coefficient (Wildman–Crippen LogP) is 3.73. The lowest BCUT2D eigenvalue weighted by Gasteiger charge is -2.32. The third-order valence-corrected chi connectivity index (χ3v) is 4.70. The maximum Gasteiger partial charge on any atom is 0.251 e. The van der Waals surface area contributed by atoms with E-state index in [4.69, 9.17) is 4.74 Å². The minimum absolute atomic E-state index is 0.00796. The molecule has 25 heavy (non-hydrogen) atoms. The van der Waals surface area contributed by atoms with Gasteiger partial charge in [0.1, 0.15) is 5.75 Å². The number of carbonyl (C=O) groups excluding carboxylic acids is 2. The van der Waals surface area contributed by atoms with Crippen molar-refractivity contribution in [2.24, 2.45) is 0 Å². The first-order chi connectivity index (χ1) is 11.9. The summed E-state index contributed by atoms with van der Waals surface area (Å²) in [6, 6.07) is 12.4. The van der Waals surface area contributed by atoms with Gasteiger partial charge >= 0.3 is 0 Å². The molecule has 0 saturated heterocycles. The Morgan fingerprint density at radius 3 is 2.36 bits per heavy atom. The molecule has 2 aromatic rings. The molecule has 1 aliphatic heterocycles. The number of hydrogen-bond donors (Lipinski definition) is 1. The fourth-order valence-electron chi connectivity index (χ4n) is 3.08. The van der Waals surface area contributed by atoms with Crippen molar-refractivity contribution < 1.29 is 14.3 Å². The summed E-state index contributed by atoms with van der Waals surface area (Å²) in [4.78, 5) is 24.6. The second-order valence-electron chi connectivity index (χ2n) is 6.96. The van der Waals surface area contributed by atoms with E-state index in [0.717, 1.165) is 17.7 Å². The quantitative estimate of drug-likeness (QED) is 0.865. The van der Waals surface area contributed by atoms with E-state index in [1.807, 2.05) is 19.1 Å². The van der Waals surface area contributed by atoms with Gasteiger partial charge < -0.3 is 10.1 Å². The Morgan fingerprint density at radius 2 is 1.68 bits per heavy atom. The molecule has 1 heterocycles. The smallest absolute Gasteiger partial charge is 0.251 e. The van der Waals surface area contributed by atoms with Crippen LogP contribution in [-0.4, -0.2) is 24.8 Å². The van der Waals surface area contributed by atoms with Crippen molar-refractivity contribution >= 4 is 11.7 Å². The van der Waals surface area contributed by atoms with Gasteiger partial charge in [-0.2, -0.15) is 0 Å². The number of nitrogens with one attached hydrogen (secondary N) is 1. The number of hydrogen-bond acceptors (Lipinski definition) is 3. The molecular weight excluding hydrogens is 314 g/mol. The maximum absolute atomic E-state index is 12.8. The molecule has 130 valence electrons. The van der Waals surface area contributed by atoms with Crippen molar-refractivity contribution in [3.63, 3.8) is 0 Å². The SMILES string of the molecule is CCNC(=O)c1ccc(C(=O)c2ccc3c(c2)C(C)(C)CCO3)cc1. The van der Waals surface area contributed by atoms with E-state index in [9.17, 15) is 9.59 Å². The van der Waals surface area contributed by atoms with Crippen molar-refractivity contribution in [3.05, 3.63) is 64.7 Å². The van der Waals surface area contributed by atoms with Crippen LogP contribution in [0.2, 0.25) is 0 Å². The molecule has 0 spiro atoms. The molecule has 0 aliphatic carbocycles. The molecule has 0 aromatic heterocycles. The van der Waals surface area contributed by atoms with Gasteiger partial charge in [-0.1, -0.05) is 26.0 Å². The minimum Gasteiger partial charge on any atom is -0.493 e. The summed E-state index contributed by atoms with van der Waals surface area (Å²) < 4.78 is 5.71. The highest BCUT2D eigenvalue weighted by Crippen LogP contribution is 2.38. The van der Waals surface area contributed by atoms with Crippen LogP contribution in [-0.2, 0) is 5.41 Å². The summed E-state index contributed by atoms with van der Waals surface area (Å²) in [5.41, 5.74) is 2.83. The molecular formula is C21H23NO3. The Balaban J connectivity index is 1.87. The van der Waals surface area contributed by atoms with Crippen molar-refractivity contribution in [2.45, 2.75) is 32.6 Å². The summed E-state index contributed by atoms with van der Waals surface area (Å²) in [5.74, 6) is 0.681. The third-order valence-electron chi connectivity index (χ3n) is 4.70. The van der Waals surface area contributed by atoms with E-state index < -0.39 is 0 Å². The van der Waals surface area contributed by atoms with Crippen molar-refractivity contribution in [3.8, 4) is 5.75 Å². The zero-order chi connectivity index (χ0) is 18.0. The monoisotopic (exact) mass is 337 g/mol. The summed E-state index contributed by atoms with van der Waals surface area (Å²) in [6.07, 6.45) is 0.929. The highest BCUT2D eigenvalue weighted by Gasteiger charge is 2.29. The van der Waals surface area contributed by atoms with Gasteiger partial charge in [-0.25, -0.2) is 0 Å². The number of rotatable bonds is 4. The Morgan fingerprint density at radius 1 is 1.04 bits per heavy atom. The number of amides is 1. The number of fused-ring (bicyclic) bond motifs is 1. The fraction of sp³-hybridized carbons (Fsp3) is 0.333. The summed E-state index contributed by atoms with van der Waals surface area (Å²) in [7, 11) is 0. The van der Waals surface area contributed by atoms with Crippen LogP contribution in [0.1, 0.15) is 59.0 Å². The van der Waals surface area contributed by atoms with Crippen LogP contribution in [0, 0.1) is 0 Å². The molecule has 0 atom stereocenters. The van der Waals surface area contributed by atoms with Crippen molar-refractivity contribution in [1.82, 2.24) is 5.32 Å². The minimum atomic E-state index is -0.130. The standard InChI is InChI=1S/C21H23NO3/c1-4-22-20(24)15-7-5-14(6-8-15)19(23)16-9-10-18-17(13-16)21(2,3)11-12-25-18/h5-10,13H,4,11-12H2,1-3H3,(H,22,24). The molecule has 4 heteroatoms. The lowest BCUT2D eigenvalue weighted by molar-refractivity contribution is 0.0954. The zero-order valence-electron chi connectivity index (χ0n) is 14.9. The van der Waals surface area contributed by atoms with E-state index in [1.54, 1.807) is 30.3 Å². The van der Waals surface area contributed by atoms with Gasteiger partial charge in [0.15, 0.2) is 5.78 Å². The lowest BCUT2D eigenvalue weighted by atomic mass is 9.79. The number of ketones is 1. The Labute approximate surface area is 148 Å². The number of carbonyl (C=O) groups is 2. The summed E-state index contributed by atoms with van der Waals surface area (Å²) in [5, 5.41) is 2.75. The maximum atomic E-state index is 12.8. The van der Waals surface area contributed by atoms with E-state index >= 15 is 0 Å². The fourth-order valence-corrected chi connectivity index (χ4v) is 3.08. The van der Waals surface area contributed by atoms with Crippen molar-refractivity contribution in [2.75, 3.05) is 13.2 Å². The summed E-state index contributed by atoms with van der Waals surface area (Å²) >= 11 is 0. The molecule has 4 nitrogen and oxygen atoms in total. The molecule has 0 fully saturated rings. The van der Waals surface area contributed by atoms with E-state index in [1.165, 1.54) is 0 Å². The molecule has 0 bridgehead atoms. The second kappa shape index (κ2) is 6.71. The number of ether oxygens (including phenoxy) is 1. The highest BCUT2D eigenvalue weighted by atomic mass is 16.5. The average molecular weight is 337 g/mol. The van der Waals surface area contributed by atoms with Crippen LogP contribution in [0.4, 0.5) is 0 Å². The molecule has 0 saturated carbocycles. The van der Waals surface area contributed by atoms with Gasteiger partial charge in [0.05, 0.1) is 6.61 Å². The first-order valence-electron chi connectivity index (χ1n) is 8.62. The zero-order valence-corrected chi connectivity index (χ0v) is 14.9. The van der Waals surface area contributed by atoms with Crippen LogP contribution in [0.5, 0.6) is 5.75 Å². The van der Waals surface area contributed by atoms with Gasteiger partial charge in [-0.15, -0.1) is 0 Å². The van der Waals surface area contributed by atoms with Gasteiger partial charge in [0, 0.05) is 28.8 Å². The van der Waals surface area contributed by atoms with Crippen LogP contribution in [0.15, 0.2) is 42.5 Å². The molecule has 1 aliphatic rings. The van der Waals surface area contributed by atoms with Gasteiger partial charge in [-0.3, -0.25) is 9.59 Å². The van der Waals surface area contributed by atoms with Gasteiger partial charge in [0.2, 0.25) is 0 Å². The van der Waals surface area contributed by atoms with Crippen LogP contribution in [0.3, 0.4) is 0 Å². The Bertz CT molecular complexity index is 806. The predicted molar refractivity (Wildman–Crippen MR) is 97.5 cm³/mol. The first kappa shape index (κ1) is 17.2. The molecule has 3 rings (SSSR count). The van der Waals surface area contributed by atoms with Crippen molar-refractivity contribution in [1.29, 1.82) is 0 Å². The van der Waals surface area contributed by atoms with E-state index in [-0.39, 0.29) is 17.1 Å². The van der Waals surface area contributed by atoms with Crippen LogP contribution >= 0.6 is 0 Å². The molecule has 1 N–H and O–H groups in total. The Kier molecular flexibility index (Phi) is 4.62. The second-order valence-corrected chi connectivity index (χ2v) is 6.96.